The van der Waals surface area contributed by atoms with Gasteiger partial charge in [0.15, 0.2) is 0 Å². The quantitative estimate of drug-likeness (QED) is 0.740. The molecule has 0 spiro atoms. The zero-order chi connectivity index (χ0) is 15.2. The van der Waals surface area contributed by atoms with E-state index in [2.05, 4.69) is 24.0 Å². The Bertz CT molecular complexity index is 507. The van der Waals surface area contributed by atoms with Gasteiger partial charge in [0.25, 0.3) is 15.2 Å². The summed E-state index contributed by atoms with van der Waals surface area (Å²) in [4.78, 5) is 0. The maximum atomic E-state index is 11.6. The number of ether oxygens (including phenoxy) is 1. The van der Waals surface area contributed by atoms with Crippen LogP contribution in [0.3, 0.4) is 0 Å². The summed E-state index contributed by atoms with van der Waals surface area (Å²) >= 11 is 0. The monoisotopic (exact) mass is 304 g/mol. The Hall–Kier alpha value is -0.990. The van der Waals surface area contributed by atoms with Crippen molar-refractivity contribution >= 4 is 10.0 Å². The van der Waals surface area contributed by atoms with Gasteiger partial charge < -0.3 is 4.74 Å². The summed E-state index contributed by atoms with van der Waals surface area (Å²) in [5, 5.41) is 12.9. The molecule has 0 saturated carbocycles. The van der Waals surface area contributed by atoms with Crippen molar-refractivity contribution in [2.75, 3.05) is 13.7 Å². The minimum atomic E-state index is -3.87. The summed E-state index contributed by atoms with van der Waals surface area (Å²) in [6.07, 6.45) is 3.91. The first-order valence-corrected chi connectivity index (χ1v) is 8.45. The van der Waals surface area contributed by atoms with Crippen molar-refractivity contribution in [1.29, 1.82) is 0 Å². The number of nitrogens with zero attached hydrogens (tertiary/aromatic N) is 3. The van der Waals surface area contributed by atoms with E-state index in [1.165, 1.54) is 0 Å². The molecule has 0 aliphatic carbocycles. The average molecular weight is 304 g/mol. The van der Waals surface area contributed by atoms with Gasteiger partial charge >= 0.3 is 0 Å². The van der Waals surface area contributed by atoms with Gasteiger partial charge in [0, 0.05) is 19.6 Å². The number of hydrogen-bond acceptors (Lipinski definition) is 5. The Morgan fingerprint density at radius 1 is 1.25 bits per heavy atom. The fourth-order valence-electron chi connectivity index (χ4n) is 2.30. The largest absolute Gasteiger partial charge is 0.383 e. The van der Waals surface area contributed by atoms with E-state index in [-0.39, 0.29) is 11.1 Å². The van der Waals surface area contributed by atoms with Crippen molar-refractivity contribution in [2.45, 2.75) is 57.1 Å². The van der Waals surface area contributed by atoms with Crippen molar-refractivity contribution in [2.24, 2.45) is 5.14 Å². The number of hydrogen-bond donors (Lipinski definition) is 1. The number of rotatable bonds is 9. The summed E-state index contributed by atoms with van der Waals surface area (Å²) in [6, 6.07) is 0. The molecule has 2 N–H and O–H groups in total. The van der Waals surface area contributed by atoms with Crippen LogP contribution in [0.1, 0.15) is 51.3 Å². The fourth-order valence-corrected chi connectivity index (χ4v) is 2.95. The number of primary sulfonamides is 1. The summed E-state index contributed by atoms with van der Waals surface area (Å²) in [6.45, 7) is 4.96. The maximum Gasteiger partial charge on any atom is 0.273 e. The van der Waals surface area contributed by atoms with Crippen molar-refractivity contribution in [3.63, 3.8) is 0 Å². The summed E-state index contributed by atoms with van der Waals surface area (Å²) in [7, 11) is -2.31. The first-order chi connectivity index (χ1) is 9.45. The molecule has 7 nitrogen and oxygen atoms in total. The molecule has 0 saturated heterocycles. The lowest BCUT2D eigenvalue weighted by molar-refractivity contribution is 0.182. The van der Waals surface area contributed by atoms with Crippen LogP contribution in [0.4, 0.5) is 0 Å². The molecule has 0 radical (unpaired) electrons. The Kier molecular flexibility index (Phi) is 6.57. The minimum absolute atomic E-state index is 0.179. The molecule has 1 rings (SSSR count). The molecule has 0 aliphatic heterocycles. The predicted octanol–water partition coefficient (Wildman–Crippen LogP) is 1.26. The van der Waals surface area contributed by atoms with E-state index < -0.39 is 10.0 Å². The summed E-state index contributed by atoms with van der Waals surface area (Å²) in [5.41, 5.74) is 0. The molecule has 0 amide bonds. The Morgan fingerprint density at radius 2 is 1.85 bits per heavy atom. The smallest absolute Gasteiger partial charge is 0.273 e. The van der Waals surface area contributed by atoms with Crippen LogP contribution in [0.2, 0.25) is 0 Å². The second kappa shape index (κ2) is 7.70. The van der Waals surface area contributed by atoms with Crippen molar-refractivity contribution in [3.8, 4) is 0 Å². The molecule has 0 atom stereocenters. The van der Waals surface area contributed by atoms with Crippen LogP contribution in [0.25, 0.3) is 0 Å². The second-order valence-corrected chi connectivity index (χ2v) is 6.26. The summed E-state index contributed by atoms with van der Waals surface area (Å²) in [5.74, 6) is 0.889. The lowest BCUT2D eigenvalue weighted by atomic mass is 9.97. The Labute approximate surface area is 120 Å². The van der Waals surface area contributed by atoms with Crippen molar-refractivity contribution < 1.29 is 13.2 Å². The molecule has 0 aliphatic rings. The highest BCUT2D eigenvalue weighted by molar-refractivity contribution is 7.89. The molecule has 8 heteroatoms. The summed E-state index contributed by atoms with van der Waals surface area (Å²) < 4.78 is 29.8. The van der Waals surface area contributed by atoms with E-state index in [0.717, 1.165) is 25.7 Å². The van der Waals surface area contributed by atoms with Gasteiger partial charge in [0.1, 0.15) is 5.82 Å². The predicted molar refractivity (Wildman–Crippen MR) is 75.8 cm³/mol. The SMILES string of the molecule is CCCC(CCC)c1nnc(S(N)(=O)=O)n1CCOC. The molecule has 1 heterocycles. The van der Waals surface area contributed by atoms with Crippen molar-refractivity contribution in [3.05, 3.63) is 5.82 Å². The van der Waals surface area contributed by atoms with E-state index in [0.29, 0.717) is 19.0 Å². The molecule has 20 heavy (non-hydrogen) atoms. The normalized spacial score (nSPS) is 12.2. The van der Waals surface area contributed by atoms with Gasteiger partial charge in [-0.1, -0.05) is 26.7 Å². The van der Waals surface area contributed by atoms with E-state index in [1.807, 2.05) is 0 Å². The molecule has 0 unspecified atom stereocenters. The molecular formula is C12H24N4O3S. The number of aromatic nitrogens is 3. The number of sulfonamides is 1. The standard InChI is InChI=1S/C12H24N4O3S/c1-4-6-10(7-5-2)11-14-15-12(20(13,17)18)16(11)8-9-19-3/h10H,4-9H2,1-3H3,(H2,13,17,18). The topological polar surface area (TPSA) is 100 Å². The van der Waals surface area contributed by atoms with Gasteiger partial charge in [0.05, 0.1) is 6.61 Å². The number of nitrogens with two attached hydrogens (primary N) is 1. The molecule has 1 aromatic heterocycles. The van der Waals surface area contributed by atoms with Crippen LogP contribution in [0.5, 0.6) is 0 Å². The Balaban J connectivity index is 3.20. The second-order valence-electron chi connectivity index (χ2n) is 4.80. The lowest BCUT2D eigenvalue weighted by Gasteiger charge is -2.16. The molecule has 1 aromatic rings. The van der Waals surface area contributed by atoms with Crippen LogP contribution in [-0.2, 0) is 21.3 Å². The highest BCUT2D eigenvalue weighted by Crippen LogP contribution is 2.26. The lowest BCUT2D eigenvalue weighted by Crippen LogP contribution is -2.21. The highest BCUT2D eigenvalue weighted by atomic mass is 32.2. The average Bonchev–Trinajstić information content (AvgIpc) is 2.79. The van der Waals surface area contributed by atoms with Crippen molar-refractivity contribution in [1.82, 2.24) is 14.8 Å². The van der Waals surface area contributed by atoms with E-state index in [9.17, 15) is 8.42 Å². The van der Waals surface area contributed by atoms with Crippen LogP contribution < -0.4 is 5.14 Å². The third kappa shape index (κ3) is 4.26. The van der Waals surface area contributed by atoms with Gasteiger partial charge in [-0.2, -0.15) is 0 Å². The Morgan fingerprint density at radius 3 is 2.30 bits per heavy atom. The molecule has 0 fully saturated rings. The first kappa shape index (κ1) is 17.1. The number of methoxy groups -OCH3 is 1. The highest BCUT2D eigenvalue weighted by Gasteiger charge is 2.25. The van der Waals surface area contributed by atoms with Crippen LogP contribution in [0.15, 0.2) is 5.16 Å². The zero-order valence-corrected chi connectivity index (χ0v) is 13.2. The first-order valence-electron chi connectivity index (χ1n) is 6.90. The van der Waals surface area contributed by atoms with Gasteiger partial charge in [-0.15, -0.1) is 10.2 Å². The fraction of sp³-hybridized carbons (Fsp3) is 0.833. The van der Waals surface area contributed by atoms with E-state index >= 15 is 0 Å². The van der Waals surface area contributed by atoms with E-state index in [4.69, 9.17) is 9.88 Å². The van der Waals surface area contributed by atoms with Gasteiger partial charge in [-0.05, 0) is 12.8 Å². The van der Waals surface area contributed by atoms with Gasteiger partial charge in [0.2, 0.25) is 0 Å². The van der Waals surface area contributed by atoms with Gasteiger partial charge in [-0.25, -0.2) is 13.6 Å². The molecule has 0 aromatic carbocycles. The van der Waals surface area contributed by atoms with Gasteiger partial charge in [-0.3, -0.25) is 4.57 Å². The molecule has 0 bridgehead atoms. The maximum absolute atomic E-state index is 11.6. The minimum Gasteiger partial charge on any atom is -0.383 e. The van der Waals surface area contributed by atoms with Crippen LogP contribution >= 0.6 is 0 Å². The van der Waals surface area contributed by atoms with Crippen LogP contribution in [-0.4, -0.2) is 36.9 Å². The molecule has 116 valence electrons. The van der Waals surface area contributed by atoms with E-state index in [1.54, 1.807) is 11.7 Å². The molecular weight excluding hydrogens is 280 g/mol. The third-order valence-corrected chi connectivity index (χ3v) is 3.97. The zero-order valence-electron chi connectivity index (χ0n) is 12.4. The third-order valence-electron chi connectivity index (χ3n) is 3.16. The van der Waals surface area contributed by atoms with Crippen LogP contribution in [0, 0.1) is 0 Å².